The van der Waals surface area contributed by atoms with Crippen molar-refractivity contribution >= 4 is 11.8 Å². The molecule has 6 nitrogen and oxygen atoms in total. The van der Waals surface area contributed by atoms with Gasteiger partial charge < -0.3 is 15.2 Å². The van der Waals surface area contributed by atoms with E-state index in [1.54, 1.807) is 0 Å². The van der Waals surface area contributed by atoms with Crippen molar-refractivity contribution in [1.82, 2.24) is 9.97 Å². The molecule has 0 unspecified atom stereocenters. The number of ether oxygens (including phenoxy) is 1. The molecule has 1 aliphatic rings. The fourth-order valence-electron chi connectivity index (χ4n) is 2.44. The number of aromatic nitrogens is 2. The smallest absolute Gasteiger partial charge is 0.376 e. The van der Waals surface area contributed by atoms with Gasteiger partial charge in [0.25, 0.3) is 0 Å². The lowest BCUT2D eigenvalue weighted by Crippen LogP contribution is -2.24. The molecule has 110 valence electrons. The predicted octanol–water partition coefficient (Wildman–Crippen LogP) is 1.53. The van der Waals surface area contributed by atoms with Gasteiger partial charge in [0.05, 0.1) is 13.2 Å². The van der Waals surface area contributed by atoms with Gasteiger partial charge >= 0.3 is 5.97 Å². The summed E-state index contributed by atoms with van der Waals surface area (Å²) in [5.74, 6) is 0.728. The Morgan fingerprint density at radius 1 is 1.40 bits per heavy atom. The summed E-state index contributed by atoms with van der Waals surface area (Å²) >= 11 is 0. The van der Waals surface area contributed by atoms with Gasteiger partial charge in [0.1, 0.15) is 5.82 Å². The van der Waals surface area contributed by atoms with Gasteiger partial charge in [-0.3, -0.25) is 0 Å². The minimum Gasteiger partial charge on any atom is -0.463 e. The molecule has 1 aliphatic carbocycles. The second-order valence-electron chi connectivity index (χ2n) is 5.27. The minimum atomic E-state index is -0.530. The zero-order valence-corrected chi connectivity index (χ0v) is 11.9. The fourth-order valence-corrected chi connectivity index (χ4v) is 2.44. The number of esters is 1. The summed E-state index contributed by atoms with van der Waals surface area (Å²) in [6, 6.07) is 1.81. The van der Waals surface area contributed by atoms with Crippen molar-refractivity contribution in [2.24, 2.45) is 5.92 Å². The van der Waals surface area contributed by atoms with Gasteiger partial charge in [-0.15, -0.1) is 0 Å². The van der Waals surface area contributed by atoms with E-state index in [4.69, 9.17) is 0 Å². The normalized spacial score (nSPS) is 22.4. The highest BCUT2D eigenvalue weighted by Gasteiger charge is 2.19. The van der Waals surface area contributed by atoms with Crippen molar-refractivity contribution in [2.75, 3.05) is 19.0 Å². The van der Waals surface area contributed by atoms with Crippen LogP contribution in [0, 0.1) is 12.8 Å². The summed E-state index contributed by atoms with van der Waals surface area (Å²) in [7, 11) is 1.31. The molecule has 1 saturated carbocycles. The molecule has 0 aromatic carbocycles. The molecule has 0 amide bonds. The maximum absolute atomic E-state index is 11.5. The van der Waals surface area contributed by atoms with Crippen LogP contribution in [-0.2, 0) is 4.74 Å². The molecule has 0 atom stereocenters. The highest BCUT2D eigenvalue weighted by atomic mass is 16.5. The number of aliphatic hydroxyl groups excluding tert-OH is 1. The maximum Gasteiger partial charge on any atom is 0.376 e. The van der Waals surface area contributed by atoms with Crippen molar-refractivity contribution in [1.29, 1.82) is 0 Å². The summed E-state index contributed by atoms with van der Waals surface area (Å²) in [4.78, 5) is 19.7. The summed E-state index contributed by atoms with van der Waals surface area (Å²) in [5.41, 5.74) is 0.724. The lowest BCUT2D eigenvalue weighted by atomic mass is 9.87. The predicted molar refractivity (Wildman–Crippen MR) is 74.6 cm³/mol. The monoisotopic (exact) mass is 279 g/mol. The van der Waals surface area contributed by atoms with Crippen LogP contribution in [0.3, 0.4) is 0 Å². The van der Waals surface area contributed by atoms with E-state index in [0.717, 1.165) is 37.9 Å². The number of carbonyl (C=O) groups is 1. The summed E-state index contributed by atoms with van der Waals surface area (Å²) in [6.45, 7) is 2.61. The molecule has 2 rings (SSSR count). The van der Waals surface area contributed by atoms with E-state index in [0.29, 0.717) is 11.7 Å². The SMILES string of the molecule is COC(=O)c1nc(C)cc(NCC2CCC(O)CC2)n1. The van der Waals surface area contributed by atoms with Crippen molar-refractivity contribution in [2.45, 2.75) is 38.7 Å². The first kappa shape index (κ1) is 14.7. The number of aliphatic hydroxyl groups is 1. The van der Waals surface area contributed by atoms with Gasteiger partial charge in [0, 0.05) is 18.3 Å². The zero-order valence-electron chi connectivity index (χ0n) is 11.9. The first-order valence-corrected chi connectivity index (χ1v) is 6.94. The Hall–Kier alpha value is -1.69. The molecule has 0 radical (unpaired) electrons. The molecule has 0 spiro atoms. The fraction of sp³-hybridized carbons (Fsp3) is 0.643. The molecule has 1 aromatic heterocycles. The van der Waals surface area contributed by atoms with Gasteiger partial charge in [0.15, 0.2) is 0 Å². The van der Waals surface area contributed by atoms with Crippen molar-refractivity contribution in [3.63, 3.8) is 0 Å². The van der Waals surface area contributed by atoms with E-state index >= 15 is 0 Å². The Morgan fingerprint density at radius 3 is 2.75 bits per heavy atom. The van der Waals surface area contributed by atoms with Crippen molar-refractivity contribution in [3.8, 4) is 0 Å². The molecule has 0 bridgehead atoms. The van der Waals surface area contributed by atoms with Crippen LogP contribution in [-0.4, -0.2) is 40.8 Å². The molecule has 1 heterocycles. The Morgan fingerprint density at radius 2 is 2.10 bits per heavy atom. The number of aryl methyl sites for hydroxylation is 1. The number of hydrogen-bond donors (Lipinski definition) is 2. The maximum atomic E-state index is 11.5. The summed E-state index contributed by atoms with van der Waals surface area (Å²) in [6.07, 6.45) is 3.62. The van der Waals surface area contributed by atoms with Gasteiger partial charge in [-0.2, -0.15) is 0 Å². The number of hydrogen-bond acceptors (Lipinski definition) is 6. The molecule has 0 aliphatic heterocycles. The van der Waals surface area contributed by atoms with Crippen molar-refractivity contribution < 1.29 is 14.6 Å². The molecule has 2 N–H and O–H groups in total. The van der Waals surface area contributed by atoms with Crippen LogP contribution >= 0.6 is 0 Å². The van der Waals surface area contributed by atoms with E-state index in [9.17, 15) is 9.90 Å². The van der Waals surface area contributed by atoms with E-state index in [-0.39, 0.29) is 11.9 Å². The van der Waals surface area contributed by atoms with Crippen LogP contribution < -0.4 is 5.32 Å². The number of nitrogens with one attached hydrogen (secondary N) is 1. The second kappa shape index (κ2) is 6.65. The number of anilines is 1. The van der Waals surface area contributed by atoms with E-state index in [2.05, 4.69) is 20.0 Å². The van der Waals surface area contributed by atoms with Gasteiger partial charge in [-0.1, -0.05) is 0 Å². The molecule has 0 saturated heterocycles. The van der Waals surface area contributed by atoms with Crippen LogP contribution in [0.5, 0.6) is 0 Å². The standard InChI is InChI=1S/C14H21N3O3/c1-9-7-12(17-13(16-9)14(19)20-2)15-8-10-3-5-11(18)6-4-10/h7,10-11,18H,3-6,8H2,1-2H3,(H,15,16,17). The molecular formula is C14H21N3O3. The highest BCUT2D eigenvalue weighted by molar-refractivity contribution is 5.85. The highest BCUT2D eigenvalue weighted by Crippen LogP contribution is 2.24. The second-order valence-corrected chi connectivity index (χ2v) is 5.27. The Bertz CT molecular complexity index is 471. The third kappa shape index (κ3) is 3.90. The third-order valence-electron chi connectivity index (χ3n) is 3.61. The van der Waals surface area contributed by atoms with E-state index in [1.165, 1.54) is 7.11 Å². The van der Waals surface area contributed by atoms with Crippen molar-refractivity contribution in [3.05, 3.63) is 17.6 Å². The van der Waals surface area contributed by atoms with Gasteiger partial charge in [-0.05, 0) is 38.5 Å². The topological polar surface area (TPSA) is 84.3 Å². The van der Waals surface area contributed by atoms with E-state index in [1.807, 2.05) is 13.0 Å². The Kier molecular flexibility index (Phi) is 4.89. The molecule has 1 aromatic rings. The van der Waals surface area contributed by atoms with Gasteiger partial charge in [0.2, 0.25) is 5.82 Å². The van der Waals surface area contributed by atoms with Crippen LogP contribution in [0.4, 0.5) is 5.82 Å². The van der Waals surface area contributed by atoms with Crippen LogP contribution in [0.2, 0.25) is 0 Å². The largest absolute Gasteiger partial charge is 0.463 e. The van der Waals surface area contributed by atoms with E-state index < -0.39 is 5.97 Å². The molecule has 6 heteroatoms. The third-order valence-corrected chi connectivity index (χ3v) is 3.61. The first-order chi connectivity index (χ1) is 9.58. The molecular weight excluding hydrogens is 258 g/mol. The Balaban J connectivity index is 1.95. The quantitative estimate of drug-likeness (QED) is 0.813. The molecule has 1 fully saturated rings. The average molecular weight is 279 g/mol. The summed E-state index contributed by atoms with van der Waals surface area (Å²) < 4.78 is 4.63. The number of nitrogens with zero attached hydrogens (tertiary/aromatic N) is 2. The van der Waals surface area contributed by atoms with Gasteiger partial charge in [-0.25, -0.2) is 14.8 Å². The lowest BCUT2D eigenvalue weighted by Gasteiger charge is -2.25. The number of methoxy groups -OCH3 is 1. The summed E-state index contributed by atoms with van der Waals surface area (Å²) in [5, 5.41) is 12.7. The minimum absolute atomic E-state index is 0.0778. The average Bonchev–Trinajstić information content (AvgIpc) is 2.45. The lowest BCUT2D eigenvalue weighted by molar-refractivity contribution is 0.0586. The Labute approximate surface area is 118 Å². The number of carbonyl (C=O) groups excluding carboxylic acids is 1. The van der Waals surface area contributed by atoms with Crippen LogP contribution in [0.1, 0.15) is 42.0 Å². The van der Waals surface area contributed by atoms with Crippen LogP contribution in [0.25, 0.3) is 0 Å². The van der Waals surface area contributed by atoms with Crippen LogP contribution in [0.15, 0.2) is 6.07 Å². The zero-order chi connectivity index (χ0) is 14.5. The number of rotatable bonds is 4. The molecule has 20 heavy (non-hydrogen) atoms. The first-order valence-electron chi connectivity index (χ1n) is 6.94.